The van der Waals surface area contributed by atoms with Gasteiger partial charge in [-0.1, -0.05) is 6.07 Å². The monoisotopic (exact) mass is 306 g/mol. The average Bonchev–Trinajstić information content (AvgIpc) is 2.91. The number of quaternary nitrogens is 1. The number of fused-ring (bicyclic) bond motifs is 1. The third kappa shape index (κ3) is 4.00. The van der Waals surface area contributed by atoms with Gasteiger partial charge in [0, 0.05) is 0 Å². The Labute approximate surface area is 133 Å². The van der Waals surface area contributed by atoms with Crippen molar-refractivity contribution in [2.75, 3.05) is 26.2 Å². The van der Waals surface area contributed by atoms with E-state index in [1.165, 1.54) is 28.9 Å². The number of hydrogen-bond donors (Lipinski definition) is 2. The van der Waals surface area contributed by atoms with E-state index < -0.39 is 6.10 Å². The van der Waals surface area contributed by atoms with E-state index in [0.29, 0.717) is 6.61 Å². The second-order valence-electron chi connectivity index (χ2n) is 6.87. The molecule has 0 radical (unpaired) electrons. The first-order chi connectivity index (χ1) is 10.6. The maximum Gasteiger partial charge on any atom is 0.137 e. The molecule has 3 rings (SSSR count). The van der Waals surface area contributed by atoms with Crippen molar-refractivity contribution in [1.29, 1.82) is 0 Å². The van der Waals surface area contributed by atoms with Gasteiger partial charge in [-0.3, -0.25) is 0 Å². The maximum absolute atomic E-state index is 10.2. The van der Waals surface area contributed by atoms with Crippen molar-refractivity contribution in [3.63, 3.8) is 0 Å². The van der Waals surface area contributed by atoms with Gasteiger partial charge in [0.15, 0.2) is 0 Å². The average molecular weight is 306 g/mol. The summed E-state index contributed by atoms with van der Waals surface area (Å²) in [6.45, 7) is 7.21. The Morgan fingerprint density at radius 1 is 1.23 bits per heavy atom. The predicted octanol–water partition coefficient (Wildman–Crippen LogP) is 0.607. The molecule has 4 atom stereocenters. The Hall–Kier alpha value is -1.10. The SMILES string of the molecule is C[C@@H]1C[NH+](C[C@H](O)COc2ccc3c(c2)CCC3)C[C@H](C)O1. The summed E-state index contributed by atoms with van der Waals surface area (Å²) in [5.74, 6) is 0.887. The van der Waals surface area contributed by atoms with Crippen LogP contribution in [-0.2, 0) is 17.6 Å². The second-order valence-corrected chi connectivity index (χ2v) is 6.87. The number of aliphatic hydroxyl groups is 1. The Balaban J connectivity index is 1.47. The molecule has 0 bridgehead atoms. The molecule has 2 N–H and O–H groups in total. The summed E-state index contributed by atoms with van der Waals surface area (Å²) < 4.78 is 11.5. The first-order valence-electron chi connectivity index (χ1n) is 8.52. The van der Waals surface area contributed by atoms with E-state index >= 15 is 0 Å². The van der Waals surface area contributed by atoms with Crippen LogP contribution >= 0.6 is 0 Å². The van der Waals surface area contributed by atoms with E-state index in [0.717, 1.165) is 31.8 Å². The minimum Gasteiger partial charge on any atom is -0.491 e. The standard InChI is InChI=1S/C18H27NO3/c1-13-9-19(10-14(2)22-13)11-17(20)12-21-18-7-6-15-4-3-5-16(15)8-18/h6-8,13-14,17,20H,3-5,9-12H2,1-2H3/p+1/t13-,14+,17-/m0/s1. The van der Waals surface area contributed by atoms with Crippen molar-refractivity contribution >= 4 is 0 Å². The molecule has 0 amide bonds. The highest BCUT2D eigenvalue weighted by Gasteiger charge is 2.27. The normalized spacial score (nSPS) is 29.1. The molecule has 1 aliphatic heterocycles. The van der Waals surface area contributed by atoms with E-state index in [9.17, 15) is 5.11 Å². The summed E-state index contributed by atoms with van der Waals surface area (Å²) in [6, 6.07) is 6.34. The fourth-order valence-corrected chi connectivity index (χ4v) is 3.78. The van der Waals surface area contributed by atoms with E-state index in [-0.39, 0.29) is 12.2 Å². The molecule has 1 heterocycles. The smallest absolute Gasteiger partial charge is 0.137 e. The van der Waals surface area contributed by atoms with Crippen LogP contribution in [0.1, 0.15) is 31.4 Å². The zero-order valence-corrected chi connectivity index (χ0v) is 13.7. The quantitative estimate of drug-likeness (QED) is 0.837. The number of rotatable bonds is 5. The largest absolute Gasteiger partial charge is 0.491 e. The predicted molar refractivity (Wildman–Crippen MR) is 85.5 cm³/mol. The first kappa shape index (κ1) is 15.8. The second kappa shape index (κ2) is 6.99. The molecule has 1 fully saturated rings. The minimum atomic E-state index is -0.430. The van der Waals surface area contributed by atoms with Crippen LogP contribution in [0.3, 0.4) is 0 Å². The zero-order chi connectivity index (χ0) is 15.5. The van der Waals surface area contributed by atoms with Gasteiger partial charge in [0.05, 0.1) is 0 Å². The fraction of sp³-hybridized carbons (Fsp3) is 0.667. The summed E-state index contributed by atoms with van der Waals surface area (Å²) in [5.41, 5.74) is 2.86. The lowest BCUT2D eigenvalue weighted by Gasteiger charge is -2.33. The molecular formula is C18H28NO3+. The molecule has 0 saturated carbocycles. The van der Waals surface area contributed by atoms with Gasteiger partial charge in [-0.2, -0.15) is 0 Å². The number of benzene rings is 1. The van der Waals surface area contributed by atoms with E-state index in [1.807, 2.05) is 6.07 Å². The van der Waals surface area contributed by atoms with Crippen LogP contribution in [0, 0.1) is 0 Å². The number of ether oxygens (including phenoxy) is 2. The zero-order valence-electron chi connectivity index (χ0n) is 13.7. The third-order valence-electron chi connectivity index (χ3n) is 4.65. The van der Waals surface area contributed by atoms with Crippen LogP contribution in [0.5, 0.6) is 5.75 Å². The van der Waals surface area contributed by atoms with Gasteiger partial charge in [0.1, 0.15) is 50.3 Å². The molecule has 1 aliphatic carbocycles. The van der Waals surface area contributed by atoms with Crippen molar-refractivity contribution < 1.29 is 19.5 Å². The summed E-state index contributed by atoms with van der Waals surface area (Å²) in [5, 5.41) is 10.2. The molecule has 4 nitrogen and oxygen atoms in total. The lowest BCUT2D eigenvalue weighted by molar-refractivity contribution is -0.918. The highest BCUT2D eigenvalue weighted by molar-refractivity contribution is 5.38. The third-order valence-corrected chi connectivity index (χ3v) is 4.65. The molecule has 22 heavy (non-hydrogen) atoms. The van der Waals surface area contributed by atoms with Crippen molar-refractivity contribution in [3.05, 3.63) is 29.3 Å². The molecule has 1 saturated heterocycles. The number of hydrogen-bond acceptors (Lipinski definition) is 3. The van der Waals surface area contributed by atoms with Crippen LogP contribution < -0.4 is 9.64 Å². The molecule has 0 aromatic heterocycles. The molecule has 1 aromatic carbocycles. The number of aliphatic hydroxyl groups excluding tert-OH is 1. The molecule has 2 aliphatic rings. The summed E-state index contributed by atoms with van der Waals surface area (Å²) >= 11 is 0. The van der Waals surface area contributed by atoms with Gasteiger partial charge < -0.3 is 19.5 Å². The lowest BCUT2D eigenvalue weighted by Crippen LogP contribution is -3.16. The minimum absolute atomic E-state index is 0.267. The van der Waals surface area contributed by atoms with Crippen molar-refractivity contribution in [1.82, 2.24) is 0 Å². The van der Waals surface area contributed by atoms with Gasteiger partial charge in [-0.05, 0) is 56.4 Å². The number of aryl methyl sites for hydroxylation is 2. The van der Waals surface area contributed by atoms with Gasteiger partial charge in [0.25, 0.3) is 0 Å². The summed E-state index contributed by atoms with van der Waals surface area (Å²) in [6.07, 6.45) is 3.70. The maximum atomic E-state index is 10.2. The van der Waals surface area contributed by atoms with Crippen LogP contribution in [0.15, 0.2) is 18.2 Å². The van der Waals surface area contributed by atoms with Gasteiger partial charge in [-0.25, -0.2) is 0 Å². The molecule has 0 spiro atoms. The molecular weight excluding hydrogens is 278 g/mol. The van der Waals surface area contributed by atoms with Gasteiger partial charge in [0.2, 0.25) is 0 Å². The van der Waals surface area contributed by atoms with E-state index in [2.05, 4.69) is 26.0 Å². The van der Waals surface area contributed by atoms with Crippen molar-refractivity contribution in [3.8, 4) is 5.75 Å². The molecule has 4 heteroatoms. The van der Waals surface area contributed by atoms with E-state index in [1.54, 1.807) is 0 Å². The van der Waals surface area contributed by atoms with Gasteiger partial charge in [-0.15, -0.1) is 0 Å². The van der Waals surface area contributed by atoms with Crippen LogP contribution in [0.2, 0.25) is 0 Å². The first-order valence-corrected chi connectivity index (χ1v) is 8.52. The highest BCUT2D eigenvalue weighted by Crippen LogP contribution is 2.25. The van der Waals surface area contributed by atoms with Crippen LogP contribution in [0.4, 0.5) is 0 Å². The number of nitrogens with one attached hydrogen (secondary N) is 1. The van der Waals surface area contributed by atoms with Crippen LogP contribution in [-0.4, -0.2) is 49.7 Å². The molecule has 1 unspecified atom stereocenters. The Morgan fingerprint density at radius 3 is 2.73 bits per heavy atom. The Bertz CT molecular complexity index is 495. The lowest BCUT2D eigenvalue weighted by atomic mass is 10.1. The Kier molecular flexibility index (Phi) is 5.01. The fourth-order valence-electron chi connectivity index (χ4n) is 3.78. The summed E-state index contributed by atoms with van der Waals surface area (Å²) in [4.78, 5) is 1.40. The van der Waals surface area contributed by atoms with Crippen molar-refractivity contribution in [2.45, 2.75) is 51.4 Å². The van der Waals surface area contributed by atoms with Crippen LogP contribution in [0.25, 0.3) is 0 Å². The topological polar surface area (TPSA) is 43.1 Å². The van der Waals surface area contributed by atoms with Crippen molar-refractivity contribution in [2.24, 2.45) is 0 Å². The number of morpholine rings is 1. The van der Waals surface area contributed by atoms with Gasteiger partial charge >= 0.3 is 0 Å². The molecule has 122 valence electrons. The molecule has 1 aromatic rings. The van der Waals surface area contributed by atoms with E-state index in [4.69, 9.17) is 9.47 Å². The summed E-state index contributed by atoms with van der Waals surface area (Å²) in [7, 11) is 0. The highest BCUT2D eigenvalue weighted by atomic mass is 16.5. The Morgan fingerprint density at radius 2 is 1.95 bits per heavy atom.